The predicted octanol–water partition coefficient (Wildman–Crippen LogP) is 5.64. The lowest BCUT2D eigenvalue weighted by molar-refractivity contribution is 0.0837. The summed E-state index contributed by atoms with van der Waals surface area (Å²) >= 11 is 0. The van der Waals surface area contributed by atoms with Crippen LogP contribution in [0.15, 0.2) is 65.7 Å². The molecule has 0 fully saturated rings. The Morgan fingerprint density at radius 1 is 1.02 bits per heavy atom. The SMILES string of the molecule is COc1cc2nccc(Oc3ccc(NC(=O)c4cn5c(c(-c6ccc(F)cc6C)c4=O)COCC5)cc3F)c2nc1OC. The van der Waals surface area contributed by atoms with E-state index in [0.29, 0.717) is 46.8 Å². The van der Waals surface area contributed by atoms with E-state index in [2.05, 4.69) is 15.3 Å². The lowest BCUT2D eigenvalue weighted by Crippen LogP contribution is -2.30. The van der Waals surface area contributed by atoms with Crippen LogP contribution in [0.4, 0.5) is 14.5 Å². The number of nitrogens with one attached hydrogen (secondary N) is 1. The molecule has 1 aliphatic rings. The molecule has 0 atom stereocenters. The molecule has 0 radical (unpaired) electrons. The maximum absolute atomic E-state index is 15.3. The molecule has 5 aromatic rings. The van der Waals surface area contributed by atoms with Crippen molar-refractivity contribution in [3.63, 3.8) is 0 Å². The Morgan fingerprint density at radius 3 is 2.61 bits per heavy atom. The molecule has 1 aliphatic heterocycles. The van der Waals surface area contributed by atoms with Crippen molar-refractivity contribution in [3.05, 3.63) is 99.6 Å². The minimum Gasteiger partial charge on any atom is -0.491 e. The second kappa shape index (κ2) is 11.7. The first-order valence-corrected chi connectivity index (χ1v) is 13.5. The van der Waals surface area contributed by atoms with Gasteiger partial charge in [0.1, 0.15) is 16.9 Å². The second-order valence-corrected chi connectivity index (χ2v) is 9.98. The summed E-state index contributed by atoms with van der Waals surface area (Å²) in [5.74, 6) is -1.25. The summed E-state index contributed by atoms with van der Waals surface area (Å²) in [5.41, 5.74) is 2.09. The van der Waals surface area contributed by atoms with Crippen LogP contribution in [0.5, 0.6) is 23.1 Å². The fourth-order valence-electron chi connectivity index (χ4n) is 5.10. The van der Waals surface area contributed by atoms with Crippen molar-refractivity contribution in [2.75, 3.05) is 26.1 Å². The Morgan fingerprint density at radius 2 is 1.86 bits per heavy atom. The van der Waals surface area contributed by atoms with E-state index in [1.165, 1.54) is 63.0 Å². The van der Waals surface area contributed by atoms with Crippen LogP contribution >= 0.6 is 0 Å². The Balaban J connectivity index is 1.30. The minimum atomic E-state index is -0.768. The molecule has 1 amide bonds. The highest BCUT2D eigenvalue weighted by molar-refractivity contribution is 6.05. The molecular formula is C32H26F2N4O6. The zero-order valence-electron chi connectivity index (χ0n) is 23.9. The Bertz CT molecular complexity index is 2000. The molecule has 0 unspecified atom stereocenters. The number of methoxy groups -OCH3 is 2. The summed E-state index contributed by atoms with van der Waals surface area (Å²) in [6, 6.07) is 11.2. The zero-order valence-corrected chi connectivity index (χ0v) is 23.9. The molecule has 1 N–H and O–H groups in total. The molecule has 0 aliphatic carbocycles. The largest absolute Gasteiger partial charge is 0.491 e. The highest BCUT2D eigenvalue weighted by Gasteiger charge is 2.24. The Labute approximate surface area is 249 Å². The lowest BCUT2D eigenvalue weighted by Gasteiger charge is -2.24. The number of aryl methyl sites for hydroxylation is 1. The third-order valence-corrected chi connectivity index (χ3v) is 7.24. The van der Waals surface area contributed by atoms with Crippen molar-refractivity contribution in [2.45, 2.75) is 20.1 Å². The number of hydrogen-bond acceptors (Lipinski definition) is 8. The molecule has 0 spiro atoms. The number of pyridine rings is 3. The van der Waals surface area contributed by atoms with Gasteiger partial charge in [0.05, 0.1) is 44.2 Å². The Kier molecular flexibility index (Phi) is 7.66. The average Bonchev–Trinajstić information content (AvgIpc) is 3.02. The molecule has 224 valence electrons. The number of aromatic nitrogens is 3. The van der Waals surface area contributed by atoms with Crippen molar-refractivity contribution < 1.29 is 32.5 Å². The molecular weight excluding hydrogens is 574 g/mol. The number of carbonyl (C=O) groups excluding carboxylic acids is 1. The van der Waals surface area contributed by atoms with Gasteiger partial charge in [-0.15, -0.1) is 0 Å². The van der Waals surface area contributed by atoms with Crippen LogP contribution < -0.4 is 25.0 Å². The van der Waals surface area contributed by atoms with Crippen LogP contribution in [-0.4, -0.2) is 41.3 Å². The predicted molar refractivity (Wildman–Crippen MR) is 158 cm³/mol. The van der Waals surface area contributed by atoms with Crippen LogP contribution in [0.1, 0.15) is 21.6 Å². The maximum Gasteiger partial charge on any atom is 0.261 e. The van der Waals surface area contributed by atoms with Gasteiger partial charge in [-0.3, -0.25) is 14.6 Å². The maximum atomic E-state index is 15.3. The van der Waals surface area contributed by atoms with E-state index in [-0.39, 0.29) is 40.8 Å². The number of nitrogens with zero attached hydrogens (tertiary/aromatic N) is 3. The fraction of sp³-hybridized carbons (Fsp3) is 0.188. The number of amides is 1. The highest BCUT2D eigenvalue weighted by Crippen LogP contribution is 2.35. The topological polar surface area (TPSA) is 114 Å². The minimum absolute atomic E-state index is 0.105. The molecule has 4 heterocycles. The Hall–Kier alpha value is -5.36. The first kappa shape index (κ1) is 28.7. The first-order valence-electron chi connectivity index (χ1n) is 13.5. The number of benzene rings is 2. The van der Waals surface area contributed by atoms with Gasteiger partial charge in [0.25, 0.3) is 11.8 Å². The summed E-state index contributed by atoms with van der Waals surface area (Å²) in [6.45, 7) is 2.67. The van der Waals surface area contributed by atoms with E-state index < -0.39 is 23.0 Å². The van der Waals surface area contributed by atoms with E-state index >= 15 is 4.39 Å². The summed E-state index contributed by atoms with van der Waals surface area (Å²) in [5, 5.41) is 2.61. The number of hydrogen-bond donors (Lipinski definition) is 1. The van der Waals surface area contributed by atoms with E-state index in [1.54, 1.807) is 17.6 Å². The third kappa shape index (κ3) is 5.31. The molecule has 44 heavy (non-hydrogen) atoms. The zero-order chi connectivity index (χ0) is 31.0. The summed E-state index contributed by atoms with van der Waals surface area (Å²) in [6.07, 6.45) is 2.96. The molecule has 0 saturated carbocycles. The van der Waals surface area contributed by atoms with Gasteiger partial charge in [-0.2, -0.15) is 0 Å². The molecule has 6 rings (SSSR count). The quantitative estimate of drug-likeness (QED) is 0.256. The van der Waals surface area contributed by atoms with Crippen molar-refractivity contribution in [3.8, 4) is 34.3 Å². The number of anilines is 1. The normalized spacial score (nSPS) is 12.5. The van der Waals surface area contributed by atoms with Crippen LogP contribution in [0.25, 0.3) is 22.2 Å². The van der Waals surface area contributed by atoms with E-state index in [9.17, 15) is 14.0 Å². The van der Waals surface area contributed by atoms with E-state index in [1.807, 2.05) is 0 Å². The van der Waals surface area contributed by atoms with Gasteiger partial charge in [0, 0.05) is 42.8 Å². The molecule has 0 saturated heterocycles. The van der Waals surface area contributed by atoms with Crippen molar-refractivity contribution in [1.29, 1.82) is 0 Å². The van der Waals surface area contributed by atoms with Gasteiger partial charge in [-0.1, -0.05) is 6.07 Å². The summed E-state index contributed by atoms with van der Waals surface area (Å²) in [7, 11) is 2.92. The summed E-state index contributed by atoms with van der Waals surface area (Å²) < 4.78 is 52.8. The van der Waals surface area contributed by atoms with E-state index in [0.717, 1.165) is 6.07 Å². The van der Waals surface area contributed by atoms with Gasteiger partial charge in [-0.25, -0.2) is 13.8 Å². The van der Waals surface area contributed by atoms with Crippen LogP contribution in [0.3, 0.4) is 0 Å². The van der Waals surface area contributed by atoms with E-state index in [4.69, 9.17) is 18.9 Å². The third-order valence-electron chi connectivity index (χ3n) is 7.24. The van der Waals surface area contributed by atoms with Gasteiger partial charge < -0.3 is 28.8 Å². The first-order chi connectivity index (χ1) is 21.3. The highest BCUT2D eigenvalue weighted by atomic mass is 19.1. The van der Waals surface area contributed by atoms with Gasteiger partial charge in [-0.05, 0) is 42.3 Å². The van der Waals surface area contributed by atoms with Crippen molar-refractivity contribution in [1.82, 2.24) is 14.5 Å². The monoisotopic (exact) mass is 600 g/mol. The molecule has 10 nitrogen and oxygen atoms in total. The number of halogens is 2. The van der Waals surface area contributed by atoms with Crippen molar-refractivity contribution >= 4 is 22.6 Å². The van der Waals surface area contributed by atoms with Gasteiger partial charge >= 0.3 is 0 Å². The van der Waals surface area contributed by atoms with Gasteiger partial charge in [0.2, 0.25) is 5.43 Å². The van der Waals surface area contributed by atoms with Crippen LogP contribution in [-0.2, 0) is 17.9 Å². The molecule has 3 aromatic heterocycles. The lowest BCUT2D eigenvalue weighted by atomic mass is 9.96. The smallest absolute Gasteiger partial charge is 0.261 e. The standard InChI is InChI=1S/C32H26F2N4O6/c1-17-12-18(33)4-6-20(17)28-24-16-43-11-10-38(24)15-21(30(28)39)31(40)36-19-5-7-25(22(34)13-19)44-26-8-9-35-23-14-27(41-2)32(42-3)37-29(23)26/h4-9,12-15H,10-11,16H2,1-3H3,(H,36,40). The molecule has 0 bridgehead atoms. The van der Waals surface area contributed by atoms with Gasteiger partial charge in [0.15, 0.2) is 23.1 Å². The van der Waals surface area contributed by atoms with Crippen LogP contribution in [0, 0.1) is 18.6 Å². The molecule has 2 aromatic carbocycles. The number of rotatable bonds is 7. The average molecular weight is 601 g/mol. The van der Waals surface area contributed by atoms with Crippen LogP contribution in [0.2, 0.25) is 0 Å². The number of fused-ring (bicyclic) bond motifs is 2. The van der Waals surface area contributed by atoms with Crippen molar-refractivity contribution in [2.24, 2.45) is 0 Å². The second-order valence-electron chi connectivity index (χ2n) is 9.98. The fourth-order valence-corrected chi connectivity index (χ4v) is 5.10. The number of carbonyl (C=O) groups is 1. The summed E-state index contributed by atoms with van der Waals surface area (Å²) in [4.78, 5) is 35.7. The number of ether oxygens (including phenoxy) is 4. The molecule has 12 heteroatoms.